The van der Waals surface area contributed by atoms with Gasteiger partial charge in [-0.25, -0.2) is 0 Å². The van der Waals surface area contributed by atoms with Gasteiger partial charge in [-0.3, -0.25) is 4.79 Å². The summed E-state index contributed by atoms with van der Waals surface area (Å²) in [5, 5.41) is 3.06. The Kier molecular flexibility index (Phi) is 7.35. The number of anilines is 2. The number of aryl methyl sites for hydroxylation is 2. The van der Waals surface area contributed by atoms with Crippen LogP contribution in [0.5, 0.6) is 5.75 Å². The van der Waals surface area contributed by atoms with Crippen LogP contribution in [-0.2, 0) is 11.2 Å². The molecular formula is C27H33N3O3. The molecule has 174 valence electrons. The van der Waals surface area contributed by atoms with Crippen LogP contribution < -0.4 is 15.0 Å². The van der Waals surface area contributed by atoms with Crippen LogP contribution in [-0.4, -0.2) is 50.6 Å². The van der Waals surface area contributed by atoms with Gasteiger partial charge in [-0.15, -0.1) is 0 Å². The van der Waals surface area contributed by atoms with Crippen LogP contribution in [0.3, 0.4) is 0 Å². The summed E-state index contributed by atoms with van der Waals surface area (Å²) >= 11 is 0. The van der Waals surface area contributed by atoms with Crippen molar-refractivity contribution in [3.05, 3.63) is 65.9 Å². The van der Waals surface area contributed by atoms with Crippen LogP contribution in [0.2, 0.25) is 0 Å². The summed E-state index contributed by atoms with van der Waals surface area (Å²) in [4.78, 5) is 17.4. The zero-order chi connectivity index (χ0) is 23.2. The SMILES string of the molecule is CCN1CCN(c2ccc(NC(=O)CCc3ccc(-c4ccc(OC)cc4)o3)c(C)c2)CC1. The third-order valence-electron chi connectivity index (χ3n) is 6.30. The fraction of sp³-hybridized carbons (Fsp3) is 0.370. The van der Waals surface area contributed by atoms with Gasteiger partial charge in [0.05, 0.1) is 7.11 Å². The molecule has 0 spiro atoms. The Hall–Kier alpha value is -3.25. The molecule has 6 heteroatoms. The lowest BCUT2D eigenvalue weighted by molar-refractivity contribution is -0.116. The number of piperazine rings is 1. The summed E-state index contributed by atoms with van der Waals surface area (Å²) < 4.78 is 11.1. The van der Waals surface area contributed by atoms with Crippen molar-refractivity contribution in [3.63, 3.8) is 0 Å². The molecule has 0 aliphatic carbocycles. The molecule has 0 unspecified atom stereocenters. The molecule has 1 fully saturated rings. The average Bonchev–Trinajstić information content (AvgIpc) is 3.33. The predicted molar refractivity (Wildman–Crippen MR) is 133 cm³/mol. The first-order valence-electron chi connectivity index (χ1n) is 11.7. The highest BCUT2D eigenvalue weighted by molar-refractivity contribution is 5.91. The Morgan fingerprint density at radius 3 is 2.45 bits per heavy atom. The van der Waals surface area contributed by atoms with E-state index in [0.717, 1.165) is 66.8 Å². The van der Waals surface area contributed by atoms with E-state index in [-0.39, 0.29) is 5.91 Å². The number of carbonyl (C=O) groups is 1. The van der Waals surface area contributed by atoms with Crippen molar-refractivity contribution in [3.8, 4) is 17.1 Å². The number of rotatable bonds is 8. The molecule has 1 N–H and O–H groups in total. The number of ether oxygens (including phenoxy) is 1. The molecule has 1 aromatic heterocycles. The number of benzene rings is 2. The Morgan fingerprint density at radius 1 is 1.03 bits per heavy atom. The number of hydrogen-bond donors (Lipinski definition) is 1. The largest absolute Gasteiger partial charge is 0.497 e. The van der Waals surface area contributed by atoms with Gasteiger partial charge < -0.3 is 24.3 Å². The second kappa shape index (κ2) is 10.6. The van der Waals surface area contributed by atoms with Crippen LogP contribution >= 0.6 is 0 Å². The molecule has 33 heavy (non-hydrogen) atoms. The number of carbonyl (C=O) groups excluding carboxylic acids is 1. The second-order valence-corrected chi connectivity index (χ2v) is 8.46. The van der Waals surface area contributed by atoms with Gasteiger partial charge in [-0.2, -0.15) is 0 Å². The first-order valence-corrected chi connectivity index (χ1v) is 11.7. The first kappa shape index (κ1) is 22.9. The maximum absolute atomic E-state index is 12.6. The summed E-state index contributed by atoms with van der Waals surface area (Å²) in [7, 11) is 1.65. The maximum Gasteiger partial charge on any atom is 0.224 e. The highest BCUT2D eigenvalue weighted by atomic mass is 16.5. The Bertz CT molecular complexity index is 1070. The van der Waals surface area contributed by atoms with Gasteiger partial charge in [0.25, 0.3) is 0 Å². The quantitative estimate of drug-likeness (QED) is 0.528. The van der Waals surface area contributed by atoms with Crippen LogP contribution in [0.1, 0.15) is 24.7 Å². The zero-order valence-corrected chi connectivity index (χ0v) is 19.8. The Labute approximate surface area is 196 Å². The highest BCUT2D eigenvalue weighted by Gasteiger charge is 2.17. The number of amides is 1. The average molecular weight is 448 g/mol. The molecule has 6 nitrogen and oxygen atoms in total. The summed E-state index contributed by atoms with van der Waals surface area (Å²) in [6, 6.07) is 17.9. The van der Waals surface area contributed by atoms with Crippen molar-refractivity contribution in [2.75, 3.05) is 50.1 Å². The van der Waals surface area contributed by atoms with Crippen LogP contribution in [0.25, 0.3) is 11.3 Å². The predicted octanol–water partition coefficient (Wildman–Crippen LogP) is 4.98. The van der Waals surface area contributed by atoms with Crippen LogP contribution in [0.15, 0.2) is 59.0 Å². The normalized spacial score (nSPS) is 14.3. The molecule has 2 aromatic carbocycles. The molecule has 3 aromatic rings. The number of likely N-dealkylation sites (N-methyl/N-ethyl adjacent to an activating group) is 1. The molecule has 1 aliphatic heterocycles. The summed E-state index contributed by atoms with van der Waals surface area (Å²) in [6.07, 6.45) is 0.927. The summed E-state index contributed by atoms with van der Waals surface area (Å²) in [5.41, 5.74) is 4.16. The second-order valence-electron chi connectivity index (χ2n) is 8.46. The minimum atomic E-state index is -0.00944. The molecule has 1 saturated heterocycles. The molecule has 0 atom stereocenters. The molecule has 0 bridgehead atoms. The van der Waals surface area contributed by atoms with Crippen molar-refractivity contribution in [2.24, 2.45) is 0 Å². The number of nitrogens with one attached hydrogen (secondary N) is 1. The van der Waals surface area contributed by atoms with Gasteiger partial charge in [0, 0.05) is 56.0 Å². The monoisotopic (exact) mass is 447 g/mol. The lowest BCUT2D eigenvalue weighted by atomic mass is 10.1. The van der Waals surface area contributed by atoms with E-state index in [4.69, 9.17) is 9.15 Å². The van der Waals surface area contributed by atoms with E-state index >= 15 is 0 Å². The maximum atomic E-state index is 12.6. The molecule has 2 heterocycles. The van der Waals surface area contributed by atoms with E-state index in [1.54, 1.807) is 7.11 Å². The van der Waals surface area contributed by atoms with Crippen molar-refractivity contribution < 1.29 is 13.9 Å². The summed E-state index contributed by atoms with van der Waals surface area (Å²) in [6.45, 7) is 9.65. The van der Waals surface area contributed by atoms with Crippen molar-refractivity contribution >= 4 is 17.3 Å². The highest BCUT2D eigenvalue weighted by Crippen LogP contribution is 2.26. The standard InChI is InChI=1S/C27H33N3O3/c1-4-29-15-17-30(18-16-29)22-7-12-25(20(2)19-22)28-27(31)14-11-24-10-13-26(33-24)21-5-8-23(32-3)9-6-21/h5-10,12-13,19H,4,11,14-18H2,1-3H3,(H,28,31). The van der Waals surface area contributed by atoms with E-state index in [2.05, 4.69) is 41.1 Å². The third-order valence-corrected chi connectivity index (χ3v) is 6.30. The lowest BCUT2D eigenvalue weighted by Crippen LogP contribution is -2.46. The fourth-order valence-electron chi connectivity index (χ4n) is 4.18. The van der Waals surface area contributed by atoms with E-state index in [1.165, 1.54) is 5.69 Å². The van der Waals surface area contributed by atoms with Gasteiger partial charge in [0.2, 0.25) is 5.91 Å². The summed E-state index contributed by atoms with van der Waals surface area (Å²) in [5.74, 6) is 2.39. The molecule has 1 aliphatic rings. The number of methoxy groups -OCH3 is 1. The number of hydrogen-bond acceptors (Lipinski definition) is 5. The molecular weight excluding hydrogens is 414 g/mol. The van der Waals surface area contributed by atoms with E-state index in [1.807, 2.05) is 42.5 Å². The molecule has 4 rings (SSSR count). The smallest absolute Gasteiger partial charge is 0.224 e. The lowest BCUT2D eigenvalue weighted by Gasteiger charge is -2.35. The zero-order valence-electron chi connectivity index (χ0n) is 19.8. The minimum Gasteiger partial charge on any atom is -0.497 e. The van der Waals surface area contributed by atoms with Gasteiger partial charge in [-0.05, 0) is 73.6 Å². The minimum absolute atomic E-state index is 0.00944. The first-order chi connectivity index (χ1) is 16.1. The Morgan fingerprint density at radius 2 is 1.79 bits per heavy atom. The fourth-order valence-corrected chi connectivity index (χ4v) is 4.18. The van der Waals surface area contributed by atoms with Crippen LogP contribution in [0.4, 0.5) is 11.4 Å². The van der Waals surface area contributed by atoms with Crippen LogP contribution in [0, 0.1) is 6.92 Å². The molecule has 1 amide bonds. The van der Waals surface area contributed by atoms with Gasteiger partial charge in [-0.1, -0.05) is 6.92 Å². The number of furan rings is 1. The van der Waals surface area contributed by atoms with Gasteiger partial charge >= 0.3 is 0 Å². The van der Waals surface area contributed by atoms with E-state index < -0.39 is 0 Å². The van der Waals surface area contributed by atoms with Crippen molar-refractivity contribution in [1.29, 1.82) is 0 Å². The molecule has 0 radical (unpaired) electrons. The van der Waals surface area contributed by atoms with Gasteiger partial charge in [0.1, 0.15) is 17.3 Å². The topological polar surface area (TPSA) is 58.0 Å². The Balaban J connectivity index is 1.29. The third kappa shape index (κ3) is 5.76. The number of nitrogens with zero attached hydrogens (tertiary/aromatic N) is 2. The van der Waals surface area contributed by atoms with E-state index in [9.17, 15) is 4.79 Å². The van der Waals surface area contributed by atoms with Gasteiger partial charge in [0.15, 0.2) is 0 Å². The van der Waals surface area contributed by atoms with E-state index in [0.29, 0.717) is 12.8 Å². The van der Waals surface area contributed by atoms with Crippen molar-refractivity contribution in [2.45, 2.75) is 26.7 Å². The van der Waals surface area contributed by atoms with Crippen molar-refractivity contribution in [1.82, 2.24) is 4.90 Å². The molecule has 0 saturated carbocycles.